The second-order valence-electron chi connectivity index (χ2n) is 7.87. The van der Waals surface area contributed by atoms with Crippen molar-refractivity contribution in [2.45, 2.75) is 38.7 Å². The number of hydrogen-bond acceptors (Lipinski definition) is 5. The van der Waals surface area contributed by atoms with Gasteiger partial charge in [0.2, 0.25) is 0 Å². The van der Waals surface area contributed by atoms with Gasteiger partial charge in [-0.2, -0.15) is 0 Å². The van der Waals surface area contributed by atoms with Crippen LogP contribution in [0.2, 0.25) is 0 Å². The minimum absolute atomic E-state index is 0.185. The second-order valence-corrected chi connectivity index (χ2v) is 7.87. The normalized spacial score (nSPS) is 39.4. The predicted molar refractivity (Wildman–Crippen MR) is 87.2 cm³/mol. The van der Waals surface area contributed by atoms with Crippen LogP contribution in [0.15, 0.2) is 46.3 Å². The minimum atomic E-state index is -0.330. The third kappa shape index (κ3) is 1.84. The summed E-state index contributed by atoms with van der Waals surface area (Å²) in [6.07, 6.45) is 10.2. The van der Waals surface area contributed by atoms with Crippen LogP contribution in [0.1, 0.15) is 44.3 Å². The van der Waals surface area contributed by atoms with Gasteiger partial charge in [0, 0.05) is 27.5 Å². The van der Waals surface area contributed by atoms with Crippen molar-refractivity contribution in [3.63, 3.8) is 0 Å². The lowest BCUT2D eigenvalue weighted by Crippen LogP contribution is -2.52. The van der Waals surface area contributed by atoms with Crippen molar-refractivity contribution in [3.8, 4) is 0 Å². The van der Waals surface area contributed by atoms with Crippen LogP contribution >= 0.6 is 0 Å². The van der Waals surface area contributed by atoms with Crippen molar-refractivity contribution in [1.82, 2.24) is 0 Å². The van der Waals surface area contributed by atoms with Crippen LogP contribution in [0.3, 0.4) is 0 Å². The lowest BCUT2D eigenvalue weighted by Gasteiger charge is -2.54. The molecule has 2 aliphatic carbocycles. The van der Waals surface area contributed by atoms with Crippen LogP contribution in [-0.4, -0.2) is 18.5 Å². The topological polar surface area (TPSA) is 65.7 Å². The van der Waals surface area contributed by atoms with Gasteiger partial charge in [0.1, 0.15) is 12.7 Å². The molecule has 2 fully saturated rings. The lowest BCUT2D eigenvalue weighted by molar-refractivity contribution is -0.158. The van der Waals surface area contributed by atoms with Crippen LogP contribution in [0, 0.1) is 16.7 Å². The van der Waals surface area contributed by atoms with Crippen molar-refractivity contribution < 1.29 is 23.5 Å². The third-order valence-corrected chi connectivity index (χ3v) is 6.74. The number of furan rings is 1. The number of cyclic esters (lactones) is 2. The second kappa shape index (κ2) is 4.87. The Kier molecular flexibility index (Phi) is 2.92. The summed E-state index contributed by atoms with van der Waals surface area (Å²) in [5, 5.41) is 0. The highest BCUT2D eigenvalue weighted by atomic mass is 16.5. The summed E-state index contributed by atoms with van der Waals surface area (Å²) in [5.41, 5.74) is 1.86. The standard InChI is InChI=1S/C20H20O5/c1-19-9-15(12-6-8-23-10-12)25-18(22)13(19)5-7-20-11-24-17(21)14(20)3-2-4-16(19)20/h3,5-6,8,10,15-16H,2,4,7,9,11H2,1H3. The van der Waals surface area contributed by atoms with Crippen molar-refractivity contribution in [2.24, 2.45) is 16.7 Å². The molecule has 0 aromatic carbocycles. The molecule has 0 amide bonds. The summed E-state index contributed by atoms with van der Waals surface area (Å²) in [6, 6.07) is 1.85. The number of esters is 2. The highest BCUT2D eigenvalue weighted by Gasteiger charge is 2.62. The third-order valence-electron chi connectivity index (χ3n) is 6.74. The highest BCUT2D eigenvalue weighted by molar-refractivity contribution is 5.95. The van der Waals surface area contributed by atoms with E-state index in [0.717, 1.165) is 29.6 Å². The van der Waals surface area contributed by atoms with Gasteiger partial charge in [-0.3, -0.25) is 0 Å². The summed E-state index contributed by atoms with van der Waals surface area (Å²) < 4.78 is 16.3. The summed E-state index contributed by atoms with van der Waals surface area (Å²) in [7, 11) is 0. The molecule has 1 aromatic heterocycles. The molecule has 5 rings (SSSR count). The Hall–Kier alpha value is -2.30. The molecule has 1 spiro atoms. The monoisotopic (exact) mass is 340 g/mol. The fourth-order valence-corrected chi connectivity index (χ4v) is 5.58. The van der Waals surface area contributed by atoms with Gasteiger partial charge in [-0.1, -0.05) is 19.1 Å². The predicted octanol–water partition coefficient (Wildman–Crippen LogP) is 3.48. The first-order valence-electron chi connectivity index (χ1n) is 8.86. The molecule has 3 heterocycles. The van der Waals surface area contributed by atoms with E-state index in [1.807, 2.05) is 18.2 Å². The minimum Gasteiger partial charge on any atom is -0.472 e. The Morgan fingerprint density at radius 3 is 2.84 bits per heavy atom. The van der Waals surface area contributed by atoms with E-state index in [-0.39, 0.29) is 34.8 Å². The molecule has 4 atom stereocenters. The van der Waals surface area contributed by atoms with E-state index in [2.05, 4.69) is 6.92 Å². The van der Waals surface area contributed by atoms with Gasteiger partial charge in [-0.15, -0.1) is 0 Å². The van der Waals surface area contributed by atoms with Crippen molar-refractivity contribution >= 4 is 11.9 Å². The Bertz CT molecular complexity index is 817. The van der Waals surface area contributed by atoms with E-state index >= 15 is 0 Å². The van der Waals surface area contributed by atoms with Gasteiger partial charge in [-0.05, 0) is 37.7 Å². The summed E-state index contributed by atoms with van der Waals surface area (Å²) in [5.74, 6) is -0.222. The Labute approximate surface area is 145 Å². The zero-order valence-corrected chi connectivity index (χ0v) is 14.1. The number of allylic oxidation sites excluding steroid dienone is 2. The number of carbonyl (C=O) groups is 2. The first-order valence-corrected chi connectivity index (χ1v) is 8.86. The largest absolute Gasteiger partial charge is 0.472 e. The summed E-state index contributed by atoms with van der Waals surface area (Å²) in [4.78, 5) is 25.0. The first-order chi connectivity index (χ1) is 12.0. The summed E-state index contributed by atoms with van der Waals surface area (Å²) in [6.45, 7) is 2.58. The smallest absolute Gasteiger partial charge is 0.334 e. The van der Waals surface area contributed by atoms with E-state index in [9.17, 15) is 9.59 Å². The molecule has 2 saturated heterocycles. The number of hydrogen-bond donors (Lipinski definition) is 0. The van der Waals surface area contributed by atoms with E-state index in [1.54, 1.807) is 12.5 Å². The van der Waals surface area contributed by atoms with E-state index in [0.29, 0.717) is 19.4 Å². The maximum Gasteiger partial charge on any atom is 0.334 e. The maximum absolute atomic E-state index is 12.7. The van der Waals surface area contributed by atoms with Crippen molar-refractivity contribution in [2.75, 3.05) is 6.61 Å². The number of fused-ring (bicyclic) bond motifs is 2. The van der Waals surface area contributed by atoms with Crippen LogP contribution in [0.25, 0.3) is 0 Å². The highest BCUT2D eigenvalue weighted by Crippen LogP contribution is 2.64. The maximum atomic E-state index is 12.7. The molecule has 2 aliphatic heterocycles. The van der Waals surface area contributed by atoms with Crippen molar-refractivity contribution in [1.29, 1.82) is 0 Å². The van der Waals surface area contributed by atoms with E-state index < -0.39 is 0 Å². The first kappa shape index (κ1) is 15.0. The molecule has 25 heavy (non-hydrogen) atoms. The Morgan fingerprint density at radius 1 is 1.16 bits per heavy atom. The average molecular weight is 340 g/mol. The molecule has 1 aromatic rings. The molecule has 130 valence electrons. The quantitative estimate of drug-likeness (QED) is 0.732. The van der Waals surface area contributed by atoms with E-state index in [1.165, 1.54) is 0 Å². The Balaban J connectivity index is 1.61. The van der Waals surface area contributed by atoms with Gasteiger partial charge >= 0.3 is 11.9 Å². The van der Waals surface area contributed by atoms with E-state index in [4.69, 9.17) is 13.9 Å². The molecule has 4 aliphatic rings. The molecular weight excluding hydrogens is 320 g/mol. The van der Waals surface area contributed by atoms with Crippen molar-refractivity contribution in [3.05, 3.63) is 47.5 Å². The van der Waals surface area contributed by atoms with Crippen LogP contribution < -0.4 is 0 Å². The molecule has 0 N–H and O–H groups in total. The van der Waals surface area contributed by atoms with Gasteiger partial charge in [-0.25, -0.2) is 9.59 Å². The molecule has 4 unspecified atom stereocenters. The summed E-state index contributed by atoms with van der Waals surface area (Å²) >= 11 is 0. The van der Waals surface area contributed by atoms with Gasteiger partial charge in [0.05, 0.1) is 12.5 Å². The average Bonchev–Trinajstić information content (AvgIpc) is 3.23. The Morgan fingerprint density at radius 2 is 2.04 bits per heavy atom. The number of ether oxygens (including phenoxy) is 2. The van der Waals surface area contributed by atoms with Gasteiger partial charge < -0.3 is 13.9 Å². The van der Waals surface area contributed by atoms with Gasteiger partial charge in [0.15, 0.2) is 0 Å². The van der Waals surface area contributed by atoms with Crippen LogP contribution in [0.4, 0.5) is 0 Å². The SMILES string of the molecule is CC12CC(c3ccoc3)OC(=O)C1=CCC13COC(=O)C1=CCCC23. The molecule has 5 nitrogen and oxygen atoms in total. The molecule has 0 saturated carbocycles. The number of rotatable bonds is 1. The van der Waals surface area contributed by atoms with Crippen LogP contribution in [-0.2, 0) is 19.1 Å². The lowest BCUT2D eigenvalue weighted by atomic mass is 9.49. The molecular formula is C20H20O5. The fourth-order valence-electron chi connectivity index (χ4n) is 5.58. The zero-order chi connectivity index (χ0) is 17.2. The van der Waals surface area contributed by atoms with Gasteiger partial charge in [0.25, 0.3) is 0 Å². The zero-order valence-electron chi connectivity index (χ0n) is 14.1. The molecule has 5 heteroatoms. The number of carbonyl (C=O) groups excluding carboxylic acids is 2. The molecule has 0 radical (unpaired) electrons. The van der Waals surface area contributed by atoms with Crippen LogP contribution in [0.5, 0.6) is 0 Å². The molecule has 0 bridgehead atoms. The fraction of sp³-hybridized carbons (Fsp3) is 0.500.